The van der Waals surface area contributed by atoms with Crippen LogP contribution in [0.1, 0.15) is 58.1 Å². The number of carbonyl (C=O) groups excluding carboxylic acids is 2. The van der Waals surface area contributed by atoms with Crippen LogP contribution in [-0.2, 0) is 36.8 Å². The first-order chi connectivity index (χ1) is 17.3. The second kappa shape index (κ2) is 13.4. The fraction of sp³-hybridized carbons (Fsp3) is 0.484. The highest BCUT2D eigenvalue weighted by Gasteiger charge is 2.45. The van der Waals surface area contributed by atoms with E-state index in [1.165, 1.54) is 5.56 Å². The van der Waals surface area contributed by atoms with E-state index in [9.17, 15) is 9.59 Å². The summed E-state index contributed by atoms with van der Waals surface area (Å²) in [6.45, 7) is 9.05. The van der Waals surface area contributed by atoms with E-state index in [0.717, 1.165) is 18.4 Å². The molecule has 0 saturated carbocycles. The van der Waals surface area contributed by atoms with Gasteiger partial charge >= 0.3 is 11.9 Å². The molecule has 0 N–H and O–H groups in total. The summed E-state index contributed by atoms with van der Waals surface area (Å²) in [4.78, 5) is 25.5. The van der Waals surface area contributed by atoms with Gasteiger partial charge in [0.25, 0.3) is 0 Å². The quantitative estimate of drug-likeness (QED) is 0.242. The largest absolute Gasteiger partial charge is 0.461 e. The first-order valence-corrected chi connectivity index (χ1v) is 13.0. The first-order valence-electron chi connectivity index (χ1n) is 13.0. The Kier molecular flexibility index (Phi) is 10.3. The number of allylic oxidation sites excluding steroid dienone is 1. The van der Waals surface area contributed by atoms with Crippen LogP contribution in [0.2, 0.25) is 0 Å². The lowest BCUT2D eigenvalue weighted by Gasteiger charge is -2.28. The molecule has 2 aromatic carbocycles. The molecule has 1 saturated heterocycles. The summed E-state index contributed by atoms with van der Waals surface area (Å²) in [6, 6.07) is 20.0. The molecule has 5 nitrogen and oxygen atoms in total. The van der Waals surface area contributed by atoms with Crippen molar-refractivity contribution in [2.24, 2.45) is 17.8 Å². The average molecular weight is 493 g/mol. The van der Waals surface area contributed by atoms with Gasteiger partial charge in [-0.15, -0.1) is 0 Å². The molecule has 1 heterocycles. The lowest BCUT2D eigenvalue weighted by molar-refractivity contribution is -0.170. The number of hydrogen-bond acceptors (Lipinski definition) is 5. The van der Waals surface area contributed by atoms with Crippen molar-refractivity contribution in [3.05, 3.63) is 83.4 Å². The van der Waals surface area contributed by atoms with Crippen LogP contribution >= 0.6 is 0 Å². The topological polar surface area (TPSA) is 61.8 Å². The number of carbonyl (C=O) groups is 2. The van der Waals surface area contributed by atoms with Gasteiger partial charge in [-0.1, -0.05) is 94.4 Å². The molecular formula is C31H40O5. The smallest absolute Gasteiger partial charge is 0.334 e. The van der Waals surface area contributed by atoms with Crippen molar-refractivity contribution in [1.82, 2.24) is 0 Å². The lowest BCUT2D eigenvalue weighted by atomic mass is 9.83. The zero-order chi connectivity index (χ0) is 26.0. The molecule has 2 aromatic rings. The molecule has 3 rings (SSSR count). The predicted octanol–water partition coefficient (Wildman–Crippen LogP) is 6.31. The van der Waals surface area contributed by atoms with E-state index in [1.807, 2.05) is 54.6 Å². The van der Waals surface area contributed by atoms with Crippen molar-refractivity contribution in [2.45, 2.75) is 65.6 Å². The maximum absolute atomic E-state index is 12.8. The SMILES string of the molecule is CC(C)C(CC(=O)OCC1(COCc2ccccc2)C/C(=C\CCc2ccccc2)C(=O)O1)C(C)C. The minimum Gasteiger partial charge on any atom is -0.461 e. The Labute approximate surface area is 215 Å². The fourth-order valence-corrected chi connectivity index (χ4v) is 4.77. The third kappa shape index (κ3) is 8.34. The summed E-state index contributed by atoms with van der Waals surface area (Å²) in [5.41, 5.74) is 1.86. The summed E-state index contributed by atoms with van der Waals surface area (Å²) >= 11 is 0. The molecule has 1 aliphatic rings. The van der Waals surface area contributed by atoms with Crippen LogP contribution in [0.3, 0.4) is 0 Å². The Morgan fingerprint density at radius 2 is 1.56 bits per heavy atom. The third-order valence-electron chi connectivity index (χ3n) is 6.84. The molecular weight excluding hydrogens is 452 g/mol. The van der Waals surface area contributed by atoms with Crippen LogP contribution in [0.15, 0.2) is 72.3 Å². The predicted molar refractivity (Wildman–Crippen MR) is 141 cm³/mol. The molecule has 0 aromatic heterocycles. The minimum atomic E-state index is -1.01. The van der Waals surface area contributed by atoms with Gasteiger partial charge in [0.15, 0.2) is 5.60 Å². The third-order valence-corrected chi connectivity index (χ3v) is 6.84. The van der Waals surface area contributed by atoms with Gasteiger partial charge < -0.3 is 14.2 Å². The van der Waals surface area contributed by atoms with Gasteiger partial charge in [0, 0.05) is 18.4 Å². The summed E-state index contributed by atoms with van der Waals surface area (Å²) in [6.07, 6.45) is 4.24. The lowest BCUT2D eigenvalue weighted by Crippen LogP contribution is -2.40. The van der Waals surface area contributed by atoms with Gasteiger partial charge in [-0.3, -0.25) is 4.79 Å². The molecule has 0 spiro atoms. The Morgan fingerprint density at radius 1 is 0.944 bits per heavy atom. The van der Waals surface area contributed by atoms with Crippen LogP contribution < -0.4 is 0 Å². The molecule has 1 aliphatic heterocycles. The molecule has 1 atom stereocenters. The van der Waals surface area contributed by atoms with Gasteiger partial charge in [0.2, 0.25) is 0 Å². The molecule has 0 amide bonds. The van der Waals surface area contributed by atoms with Gasteiger partial charge in [-0.2, -0.15) is 0 Å². The van der Waals surface area contributed by atoms with E-state index in [1.54, 1.807) is 0 Å². The maximum Gasteiger partial charge on any atom is 0.334 e. The standard InChI is InChI=1S/C31H40O5/c1-23(2)28(24(3)4)18-29(32)35-22-31(21-34-20-26-14-9-6-10-15-26)19-27(30(33)36-31)17-11-16-25-12-7-5-8-13-25/h5-10,12-15,17,23-24,28H,11,16,18-22H2,1-4H3/b27-17+. The highest BCUT2D eigenvalue weighted by molar-refractivity contribution is 5.91. The second-order valence-corrected chi connectivity index (χ2v) is 10.5. The highest BCUT2D eigenvalue weighted by atomic mass is 16.6. The first kappa shape index (κ1) is 27.7. The van der Waals surface area contributed by atoms with Crippen molar-refractivity contribution >= 4 is 11.9 Å². The van der Waals surface area contributed by atoms with Crippen LogP contribution in [0, 0.1) is 17.8 Å². The molecule has 5 heteroatoms. The molecule has 0 radical (unpaired) electrons. The maximum atomic E-state index is 12.8. The summed E-state index contributed by atoms with van der Waals surface area (Å²) < 4.78 is 17.5. The number of aryl methyl sites for hydroxylation is 1. The Bertz CT molecular complexity index is 988. The van der Waals surface area contributed by atoms with E-state index in [2.05, 4.69) is 39.8 Å². The van der Waals surface area contributed by atoms with Gasteiger partial charge in [-0.05, 0) is 41.7 Å². The molecule has 0 aliphatic carbocycles. The van der Waals surface area contributed by atoms with E-state index in [4.69, 9.17) is 14.2 Å². The number of esters is 2. The van der Waals surface area contributed by atoms with E-state index in [-0.39, 0.29) is 31.1 Å². The van der Waals surface area contributed by atoms with Crippen LogP contribution in [-0.4, -0.2) is 30.8 Å². The summed E-state index contributed by atoms with van der Waals surface area (Å²) in [7, 11) is 0. The Morgan fingerprint density at radius 3 is 2.17 bits per heavy atom. The van der Waals surface area contributed by atoms with Crippen molar-refractivity contribution in [2.75, 3.05) is 13.2 Å². The van der Waals surface area contributed by atoms with Crippen LogP contribution in [0.25, 0.3) is 0 Å². The number of benzene rings is 2. The molecule has 194 valence electrons. The number of ether oxygens (including phenoxy) is 3. The van der Waals surface area contributed by atoms with E-state index < -0.39 is 5.60 Å². The van der Waals surface area contributed by atoms with Gasteiger partial charge in [0.05, 0.1) is 13.2 Å². The Hall–Kier alpha value is -2.92. The van der Waals surface area contributed by atoms with Gasteiger partial charge in [0.1, 0.15) is 6.61 Å². The van der Waals surface area contributed by atoms with Crippen molar-refractivity contribution in [3.63, 3.8) is 0 Å². The van der Waals surface area contributed by atoms with Crippen molar-refractivity contribution < 1.29 is 23.8 Å². The molecule has 36 heavy (non-hydrogen) atoms. The van der Waals surface area contributed by atoms with Gasteiger partial charge in [-0.25, -0.2) is 4.79 Å². The zero-order valence-corrected chi connectivity index (χ0v) is 22.1. The zero-order valence-electron chi connectivity index (χ0n) is 22.1. The summed E-state index contributed by atoms with van der Waals surface area (Å²) in [5, 5.41) is 0. The molecule has 0 bridgehead atoms. The number of cyclic esters (lactones) is 1. The van der Waals surface area contributed by atoms with Crippen LogP contribution in [0.4, 0.5) is 0 Å². The number of hydrogen-bond donors (Lipinski definition) is 0. The monoisotopic (exact) mass is 492 g/mol. The normalized spacial score (nSPS) is 18.9. The number of rotatable bonds is 13. The van der Waals surface area contributed by atoms with Crippen molar-refractivity contribution in [3.8, 4) is 0 Å². The average Bonchev–Trinajstić information content (AvgIpc) is 3.17. The summed E-state index contributed by atoms with van der Waals surface area (Å²) in [5.74, 6) is 0.378. The van der Waals surface area contributed by atoms with Crippen molar-refractivity contribution in [1.29, 1.82) is 0 Å². The molecule has 1 unspecified atom stereocenters. The highest BCUT2D eigenvalue weighted by Crippen LogP contribution is 2.33. The Balaban J connectivity index is 1.65. The van der Waals surface area contributed by atoms with E-state index >= 15 is 0 Å². The van der Waals surface area contributed by atoms with Crippen LogP contribution in [0.5, 0.6) is 0 Å². The van der Waals surface area contributed by atoms with E-state index in [0.29, 0.717) is 36.9 Å². The minimum absolute atomic E-state index is 0.00863. The second-order valence-electron chi connectivity index (χ2n) is 10.5. The molecule has 1 fully saturated rings. The fourth-order valence-electron chi connectivity index (χ4n) is 4.77.